The molecule has 0 spiro atoms. The molecular weight excluding hydrogens is 496 g/mol. The van der Waals surface area contributed by atoms with Crippen LogP contribution in [0.4, 0.5) is 4.79 Å². The topological polar surface area (TPSA) is 138 Å². The van der Waals surface area contributed by atoms with Gasteiger partial charge >= 0.3 is 17.8 Å². The number of amides is 2. The van der Waals surface area contributed by atoms with Crippen LogP contribution in [0.15, 0.2) is 46.2 Å². The van der Waals surface area contributed by atoms with Gasteiger partial charge in [-0.25, -0.2) is 19.4 Å². The molecule has 0 radical (unpaired) electrons. The monoisotopic (exact) mass is 524 g/mol. The molecule has 0 N–H and O–H groups in total. The third-order valence-corrected chi connectivity index (χ3v) is 7.14. The SMILES string of the molecule is Cn1c(=O)c2c(ncn2CC(=O)N2CCC(N3C(=O)OC[C@H]3C(=O)OCc3ccccc3)CC2)n(C)c1=O. The molecule has 2 saturated heterocycles. The molecule has 1 atom stereocenters. The molecule has 5 rings (SSSR count). The Balaban J connectivity index is 1.21. The fraction of sp³-hybridized carbons (Fsp3) is 0.440. The number of carbonyl (C=O) groups is 3. The molecule has 200 valence electrons. The summed E-state index contributed by atoms with van der Waals surface area (Å²) in [6.07, 6.45) is 1.74. The van der Waals surface area contributed by atoms with E-state index in [1.54, 1.807) is 4.90 Å². The number of rotatable bonds is 6. The van der Waals surface area contributed by atoms with Crippen LogP contribution in [-0.2, 0) is 46.3 Å². The second-order valence-corrected chi connectivity index (χ2v) is 9.46. The van der Waals surface area contributed by atoms with E-state index in [-0.39, 0.29) is 42.9 Å². The summed E-state index contributed by atoms with van der Waals surface area (Å²) in [6, 6.07) is 8.15. The number of carbonyl (C=O) groups excluding carboxylic acids is 3. The first kappa shape index (κ1) is 25.2. The van der Waals surface area contributed by atoms with Gasteiger partial charge in [-0.05, 0) is 18.4 Å². The third-order valence-electron chi connectivity index (χ3n) is 7.14. The Morgan fingerprint density at radius 2 is 1.76 bits per heavy atom. The second-order valence-electron chi connectivity index (χ2n) is 9.46. The van der Waals surface area contributed by atoms with Gasteiger partial charge in [0.15, 0.2) is 17.2 Å². The van der Waals surface area contributed by atoms with E-state index in [0.717, 1.165) is 10.1 Å². The van der Waals surface area contributed by atoms with Gasteiger partial charge in [0.25, 0.3) is 5.56 Å². The van der Waals surface area contributed by atoms with E-state index in [0.29, 0.717) is 25.9 Å². The lowest BCUT2D eigenvalue weighted by molar-refractivity contribution is -0.150. The fourth-order valence-electron chi connectivity index (χ4n) is 5.00. The van der Waals surface area contributed by atoms with Crippen molar-refractivity contribution in [3.05, 3.63) is 63.1 Å². The minimum atomic E-state index is -0.835. The number of piperidine rings is 1. The highest BCUT2D eigenvalue weighted by atomic mass is 16.6. The Bertz CT molecular complexity index is 1500. The van der Waals surface area contributed by atoms with E-state index in [1.807, 2.05) is 30.3 Å². The molecule has 1 aromatic carbocycles. The van der Waals surface area contributed by atoms with Crippen molar-refractivity contribution < 1.29 is 23.9 Å². The number of hydrogen-bond acceptors (Lipinski definition) is 8. The average molecular weight is 525 g/mol. The van der Waals surface area contributed by atoms with Gasteiger partial charge in [0, 0.05) is 33.2 Å². The maximum Gasteiger partial charge on any atom is 0.410 e. The van der Waals surface area contributed by atoms with Gasteiger partial charge in [-0.2, -0.15) is 0 Å². The smallest absolute Gasteiger partial charge is 0.410 e. The van der Waals surface area contributed by atoms with Crippen LogP contribution in [0, 0.1) is 0 Å². The zero-order valence-electron chi connectivity index (χ0n) is 21.1. The Morgan fingerprint density at radius 1 is 1.05 bits per heavy atom. The molecule has 3 aromatic rings. The largest absolute Gasteiger partial charge is 0.459 e. The third kappa shape index (κ3) is 4.55. The summed E-state index contributed by atoms with van der Waals surface area (Å²) in [6.45, 7) is 0.640. The minimum absolute atomic E-state index is 0.0727. The predicted molar refractivity (Wildman–Crippen MR) is 133 cm³/mol. The summed E-state index contributed by atoms with van der Waals surface area (Å²) in [5.41, 5.74) is 0.209. The molecule has 2 amide bonds. The summed E-state index contributed by atoms with van der Waals surface area (Å²) in [5.74, 6) is -0.748. The quantitative estimate of drug-likeness (QED) is 0.411. The van der Waals surface area contributed by atoms with Crippen LogP contribution < -0.4 is 11.2 Å². The van der Waals surface area contributed by atoms with E-state index in [1.165, 1.54) is 34.5 Å². The van der Waals surface area contributed by atoms with Gasteiger partial charge in [-0.1, -0.05) is 30.3 Å². The zero-order chi connectivity index (χ0) is 27.0. The number of imidazole rings is 1. The van der Waals surface area contributed by atoms with Crippen molar-refractivity contribution in [1.82, 2.24) is 28.5 Å². The Morgan fingerprint density at radius 3 is 2.47 bits per heavy atom. The highest BCUT2D eigenvalue weighted by Crippen LogP contribution is 2.25. The predicted octanol–water partition coefficient (Wildman–Crippen LogP) is -0.0111. The number of hydrogen-bond donors (Lipinski definition) is 0. The van der Waals surface area contributed by atoms with Gasteiger partial charge < -0.3 is 18.9 Å². The molecule has 2 fully saturated rings. The number of aromatic nitrogens is 4. The highest BCUT2D eigenvalue weighted by molar-refractivity contribution is 5.84. The van der Waals surface area contributed by atoms with Crippen LogP contribution in [0.25, 0.3) is 11.2 Å². The lowest BCUT2D eigenvalue weighted by Gasteiger charge is -2.37. The number of esters is 1. The molecule has 2 aromatic heterocycles. The molecule has 0 saturated carbocycles. The molecule has 0 aliphatic carbocycles. The molecule has 38 heavy (non-hydrogen) atoms. The van der Waals surface area contributed by atoms with Gasteiger partial charge in [0.2, 0.25) is 5.91 Å². The van der Waals surface area contributed by atoms with Gasteiger partial charge in [-0.15, -0.1) is 0 Å². The fourth-order valence-corrected chi connectivity index (χ4v) is 5.00. The molecule has 0 unspecified atom stereocenters. The average Bonchev–Trinajstić information content (AvgIpc) is 3.53. The van der Waals surface area contributed by atoms with Crippen molar-refractivity contribution in [2.45, 2.75) is 38.1 Å². The Hall–Kier alpha value is -4.42. The molecule has 2 aliphatic heterocycles. The maximum absolute atomic E-state index is 13.1. The number of benzene rings is 1. The summed E-state index contributed by atoms with van der Waals surface area (Å²) in [5, 5.41) is 0. The summed E-state index contributed by atoms with van der Waals surface area (Å²) < 4.78 is 14.3. The molecule has 0 bridgehead atoms. The summed E-state index contributed by atoms with van der Waals surface area (Å²) >= 11 is 0. The van der Waals surface area contributed by atoms with E-state index in [4.69, 9.17) is 9.47 Å². The molecule has 2 aliphatic rings. The Labute approximate surface area is 216 Å². The van der Waals surface area contributed by atoms with Gasteiger partial charge in [0.1, 0.15) is 19.8 Å². The number of cyclic esters (lactones) is 1. The zero-order valence-corrected chi connectivity index (χ0v) is 21.1. The molecule has 4 heterocycles. The first-order valence-electron chi connectivity index (χ1n) is 12.3. The van der Waals surface area contributed by atoms with E-state index in [9.17, 15) is 24.0 Å². The maximum atomic E-state index is 13.1. The highest BCUT2D eigenvalue weighted by Gasteiger charge is 2.44. The number of likely N-dealkylation sites (tertiary alicyclic amines) is 1. The van der Waals surface area contributed by atoms with Gasteiger partial charge in [0.05, 0.1) is 6.33 Å². The van der Waals surface area contributed by atoms with E-state index in [2.05, 4.69) is 4.98 Å². The van der Waals surface area contributed by atoms with Crippen molar-refractivity contribution in [2.75, 3.05) is 19.7 Å². The second kappa shape index (κ2) is 10.1. The van der Waals surface area contributed by atoms with Crippen molar-refractivity contribution in [2.24, 2.45) is 14.1 Å². The molecule has 13 heteroatoms. The van der Waals surface area contributed by atoms with Crippen LogP contribution in [0.3, 0.4) is 0 Å². The van der Waals surface area contributed by atoms with Crippen LogP contribution in [0.2, 0.25) is 0 Å². The normalized spacial score (nSPS) is 18.2. The lowest BCUT2D eigenvalue weighted by atomic mass is 10.0. The van der Waals surface area contributed by atoms with Crippen molar-refractivity contribution >= 4 is 29.1 Å². The van der Waals surface area contributed by atoms with Crippen LogP contribution in [0.1, 0.15) is 18.4 Å². The lowest BCUT2D eigenvalue weighted by Crippen LogP contribution is -2.52. The van der Waals surface area contributed by atoms with Crippen molar-refractivity contribution in [1.29, 1.82) is 0 Å². The van der Waals surface area contributed by atoms with E-state index < -0.39 is 29.4 Å². The van der Waals surface area contributed by atoms with Crippen molar-refractivity contribution in [3.63, 3.8) is 0 Å². The first-order chi connectivity index (χ1) is 18.3. The number of ether oxygens (including phenoxy) is 2. The summed E-state index contributed by atoms with van der Waals surface area (Å²) in [7, 11) is 2.89. The van der Waals surface area contributed by atoms with Crippen LogP contribution >= 0.6 is 0 Å². The summed E-state index contributed by atoms with van der Waals surface area (Å²) in [4.78, 5) is 70.3. The number of aryl methyl sites for hydroxylation is 1. The first-order valence-corrected chi connectivity index (χ1v) is 12.3. The van der Waals surface area contributed by atoms with Crippen molar-refractivity contribution in [3.8, 4) is 0 Å². The molecule has 13 nitrogen and oxygen atoms in total. The van der Waals surface area contributed by atoms with Gasteiger partial charge in [-0.3, -0.25) is 23.6 Å². The van der Waals surface area contributed by atoms with Crippen LogP contribution in [-0.4, -0.2) is 78.2 Å². The number of nitrogens with zero attached hydrogens (tertiary/aromatic N) is 6. The number of fused-ring (bicyclic) bond motifs is 1. The standard InChI is InChI=1S/C25H28N6O7/c1-27-21-20(22(33)28(2)24(27)35)30(15-26-21)12-19(32)29-10-8-17(9-11-29)31-18(14-38-25(31)36)23(34)37-13-16-6-4-3-5-7-16/h3-7,15,17-18H,8-14H2,1-2H3/t18-/m0/s1. The molecular formula is C25H28N6O7. The van der Waals surface area contributed by atoms with E-state index >= 15 is 0 Å². The minimum Gasteiger partial charge on any atom is -0.459 e. The Kier molecular flexibility index (Phi) is 6.74. The van der Waals surface area contributed by atoms with Crippen LogP contribution in [0.5, 0.6) is 0 Å².